The Hall–Kier alpha value is -3.54. The molecule has 0 saturated heterocycles. The Morgan fingerprint density at radius 1 is 0.625 bits per heavy atom. The van der Waals surface area contributed by atoms with E-state index in [9.17, 15) is 10.2 Å². The molecular formula is C34H48N4O2. The molecule has 0 unspecified atom stereocenters. The third-order valence-electron chi connectivity index (χ3n) is 6.99. The molecule has 0 aliphatic carbocycles. The Bertz CT molecular complexity index is 1440. The first-order chi connectivity index (χ1) is 18.4. The number of hydrogen-bond donors (Lipinski definition) is 2. The van der Waals surface area contributed by atoms with Gasteiger partial charge in [0.2, 0.25) is 11.8 Å². The van der Waals surface area contributed by atoms with Crippen LogP contribution in [0.3, 0.4) is 0 Å². The van der Waals surface area contributed by atoms with Crippen LogP contribution in [0.1, 0.15) is 115 Å². The van der Waals surface area contributed by atoms with Crippen molar-refractivity contribution in [3.05, 3.63) is 82.2 Å². The van der Waals surface area contributed by atoms with Gasteiger partial charge >= 0.3 is 0 Å². The predicted molar refractivity (Wildman–Crippen MR) is 166 cm³/mol. The van der Waals surface area contributed by atoms with Gasteiger partial charge in [0, 0.05) is 11.1 Å². The molecule has 2 N–H and O–H groups in total. The van der Waals surface area contributed by atoms with E-state index in [0.717, 1.165) is 39.5 Å². The number of aromatic hydroxyl groups is 2. The van der Waals surface area contributed by atoms with Crippen LogP contribution in [0.5, 0.6) is 11.8 Å². The third-order valence-corrected chi connectivity index (χ3v) is 6.99. The van der Waals surface area contributed by atoms with Gasteiger partial charge in [0.15, 0.2) is 0 Å². The Balaban J connectivity index is 0.000000220. The minimum atomic E-state index is -0.134. The van der Waals surface area contributed by atoms with Gasteiger partial charge in [-0.3, -0.25) is 0 Å². The van der Waals surface area contributed by atoms with Crippen LogP contribution in [0.2, 0.25) is 0 Å². The summed E-state index contributed by atoms with van der Waals surface area (Å²) in [6.45, 7) is 25.2. The number of hydrogen-bond acceptors (Lipinski definition) is 4. The second kappa shape index (κ2) is 11.5. The maximum atomic E-state index is 10.7. The molecule has 6 heteroatoms. The average Bonchev–Trinajstić information content (AvgIpc) is 3.38. The maximum Gasteiger partial charge on any atom is 0.218 e. The Kier molecular flexibility index (Phi) is 8.93. The molecule has 4 rings (SSSR count). The highest BCUT2D eigenvalue weighted by atomic mass is 16.3. The van der Waals surface area contributed by atoms with E-state index in [1.165, 1.54) is 5.56 Å². The van der Waals surface area contributed by atoms with Crippen molar-refractivity contribution in [2.75, 3.05) is 0 Å². The van der Waals surface area contributed by atoms with Crippen molar-refractivity contribution in [1.82, 2.24) is 19.6 Å². The van der Waals surface area contributed by atoms with Crippen molar-refractivity contribution in [2.24, 2.45) is 0 Å². The molecule has 0 aliphatic heterocycles. The van der Waals surface area contributed by atoms with Gasteiger partial charge in [-0.15, -0.1) is 0 Å². The van der Waals surface area contributed by atoms with E-state index in [2.05, 4.69) is 79.4 Å². The Labute approximate surface area is 240 Å². The number of aromatic nitrogens is 4. The van der Waals surface area contributed by atoms with E-state index >= 15 is 0 Å². The van der Waals surface area contributed by atoms with E-state index < -0.39 is 0 Å². The summed E-state index contributed by atoms with van der Waals surface area (Å²) in [5.74, 6) is 1.07. The predicted octanol–water partition coefficient (Wildman–Crippen LogP) is 8.61. The fourth-order valence-electron chi connectivity index (χ4n) is 4.93. The molecule has 0 saturated carbocycles. The van der Waals surface area contributed by atoms with E-state index in [1.54, 1.807) is 9.36 Å². The lowest BCUT2D eigenvalue weighted by atomic mass is 9.84. The molecule has 4 aromatic rings. The highest BCUT2D eigenvalue weighted by Gasteiger charge is 2.30. The van der Waals surface area contributed by atoms with Crippen LogP contribution in [0, 0.1) is 13.8 Å². The Morgan fingerprint density at radius 2 is 1.05 bits per heavy atom. The fraction of sp³-hybridized carbons (Fsp3) is 0.471. The van der Waals surface area contributed by atoms with Gasteiger partial charge in [0.1, 0.15) is 0 Å². The molecule has 0 fully saturated rings. The van der Waals surface area contributed by atoms with Crippen molar-refractivity contribution in [3.63, 3.8) is 0 Å². The quantitative estimate of drug-likeness (QED) is 0.270. The first-order valence-corrected chi connectivity index (χ1v) is 14.2. The highest BCUT2D eigenvalue weighted by Crippen LogP contribution is 2.39. The summed E-state index contributed by atoms with van der Waals surface area (Å²) in [5, 5.41) is 30.6. The zero-order chi connectivity index (χ0) is 30.2. The first-order valence-electron chi connectivity index (χ1n) is 14.2. The number of benzene rings is 2. The normalized spacial score (nSPS) is 12.2. The smallest absolute Gasteiger partial charge is 0.218 e. The van der Waals surface area contributed by atoms with Gasteiger partial charge in [0.25, 0.3) is 0 Å². The van der Waals surface area contributed by atoms with Crippen LogP contribution in [0.4, 0.5) is 0 Å². The molecule has 0 bridgehead atoms. The van der Waals surface area contributed by atoms with E-state index in [0.29, 0.717) is 0 Å². The van der Waals surface area contributed by atoms with Crippen LogP contribution in [-0.4, -0.2) is 29.8 Å². The molecule has 2 aromatic carbocycles. The van der Waals surface area contributed by atoms with Crippen LogP contribution >= 0.6 is 0 Å². The number of para-hydroxylation sites is 1. The standard InChI is InChI=1S/2C17H24N2O/c1-11(2)15-14(17(4,5)6)16(20)19(18-15)13-9-7-12(3)8-10-13;1-11(2)15-14(17(4,5)6)16(20)19(18-15)13-10-8-7-9-12(13)3/h2*7-11,20H,1-6H3. The third kappa shape index (κ3) is 6.43. The largest absolute Gasteiger partial charge is 0.493 e. The summed E-state index contributed by atoms with van der Waals surface area (Å²) in [5.41, 5.74) is 7.67. The number of aryl methyl sites for hydroxylation is 2. The van der Waals surface area contributed by atoms with Crippen molar-refractivity contribution in [3.8, 4) is 23.1 Å². The van der Waals surface area contributed by atoms with Gasteiger partial charge in [-0.1, -0.05) is 105 Å². The van der Waals surface area contributed by atoms with E-state index in [1.807, 2.05) is 62.4 Å². The van der Waals surface area contributed by atoms with E-state index in [-0.39, 0.29) is 34.4 Å². The average molecular weight is 545 g/mol. The number of nitrogens with zero attached hydrogens (tertiary/aromatic N) is 4. The lowest BCUT2D eigenvalue weighted by Crippen LogP contribution is -2.13. The van der Waals surface area contributed by atoms with Crippen molar-refractivity contribution >= 4 is 0 Å². The SMILES string of the molecule is Cc1ccc(-n2nc(C(C)C)c(C(C)(C)C)c2O)cc1.Cc1ccccc1-n1nc(C(C)C)c(C(C)(C)C)c1O. The van der Waals surface area contributed by atoms with E-state index in [4.69, 9.17) is 0 Å². The van der Waals surface area contributed by atoms with Crippen LogP contribution in [-0.2, 0) is 10.8 Å². The van der Waals surface area contributed by atoms with Crippen LogP contribution in [0.15, 0.2) is 48.5 Å². The van der Waals surface area contributed by atoms with Gasteiger partial charge in [0.05, 0.1) is 22.8 Å². The van der Waals surface area contributed by atoms with Crippen LogP contribution in [0.25, 0.3) is 11.4 Å². The molecule has 216 valence electrons. The molecular weight excluding hydrogens is 496 g/mol. The van der Waals surface area contributed by atoms with Gasteiger partial charge in [-0.2, -0.15) is 10.2 Å². The summed E-state index contributed by atoms with van der Waals surface area (Å²) >= 11 is 0. The second-order valence-electron chi connectivity index (χ2n) is 13.4. The Morgan fingerprint density at radius 3 is 1.45 bits per heavy atom. The van der Waals surface area contributed by atoms with Gasteiger partial charge in [-0.25, -0.2) is 9.36 Å². The minimum Gasteiger partial charge on any atom is -0.493 e. The molecule has 6 nitrogen and oxygen atoms in total. The first kappa shape index (κ1) is 31.0. The van der Waals surface area contributed by atoms with Gasteiger partial charge in [-0.05, 0) is 60.3 Å². The zero-order valence-corrected chi connectivity index (χ0v) is 26.5. The zero-order valence-electron chi connectivity index (χ0n) is 26.5. The van der Waals surface area contributed by atoms with Crippen molar-refractivity contribution < 1.29 is 10.2 Å². The van der Waals surface area contributed by atoms with Crippen molar-refractivity contribution in [2.45, 2.75) is 106 Å². The lowest BCUT2D eigenvalue weighted by molar-refractivity contribution is 0.412. The highest BCUT2D eigenvalue weighted by molar-refractivity contribution is 5.48. The van der Waals surface area contributed by atoms with Gasteiger partial charge < -0.3 is 10.2 Å². The molecule has 0 atom stereocenters. The fourth-order valence-corrected chi connectivity index (χ4v) is 4.93. The topological polar surface area (TPSA) is 76.1 Å². The summed E-state index contributed by atoms with van der Waals surface area (Å²) in [4.78, 5) is 0. The molecule has 2 aromatic heterocycles. The minimum absolute atomic E-state index is 0.132. The monoisotopic (exact) mass is 544 g/mol. The molecule has 0 amide bonds. The summed E-state index contributed by atoms with van der Waals surface area (Å²) in [6.07, 6.45) is 0. The lowest BCUT2D eigenvalue weighted by Gasteiger charge is -2.20. The molecule has 2 heterocycles. The second-order valence-corrected chi connectivity index (χ2v) is 13.4. The molecule has 0 radical (unpaired) electrons. The summed E-state index contributed by atoms with van der Waals surface area (Å²) in [7, 11) is 0. The summed E-state index contributed by atoms with van der Waals surface area (Å²) in [6, 6.07) is 16.0. The summed E-state index contributed by atoms with van der Waals surface area (Å²) < 4.78 is 3.32. The molecule has 0 aliphatic rings. The van der Waals surface area contributed by atoms with Crippen molar-refractivity contribution in [1.29, 1.82) is 0 Å². The van der Waals surface area contributed by atoms with Crippen LogP contribution < -0.4 is 0 Å². The maximum absolute atomic E-state index is 10.7. The number of rotatable bonds is 4. The molecule has 40 heavy (non-hydrogen) atoms. The molecule has 0 spiro atoms.